The Bertz CT molecular complexity index is 1560. The van der Waals surface area contributed by atoms with Gasteiger partial charge in [-0.25, -0.2) is 9.29 Å². The van der Waals surface area contributed by atoms with Gasteiger partial charge in [-0.1, -0.05) is 18.2 Å². The number of nitro benzene ring substituents is 2. The van der Waals surface area contributed by atoms with Crippen molar-refractivity contribution in [2.24, 2.45) is 0 Å². The van der Waals surface area contributed by atoms with Gasteiger partial charge in [0, 0.05) is 6.07 Å². The molecule has 0 radical (unpaired) electrons. The summed E-state index contributed by atoms with van der Waals surface area (Å²) in [5, 5.41) is 24.4. The molecule has 3 aromatic carbocycles. The number of carbonyl (C=O) groups is 2. The van der Waals surface area contributed by atoms with Crippen molar-refractivity contribution in [3.8, 4) is 17.2 Å². The first-order valence-electron chi connectivity index (χ1n) is 10.6. The van der Waals surface area contributed by atoms with Gasteiger partial charge in [0.1, 0.15) is 11.4 Å². The third kappa shape index (κ3) is 5.01. The number of nitro groups is 2. The van der Waals surface area contributed by atoms with Crippen molar-refractivity contribution >= 4 is 52.3 Å². The number of rotatable bonds is 7. The van der Waals surface area contributed by atoms with Gasteiger partial charge in [0.2, 0.25) is 5.75 Å². The standard InChI is InChI=1S/C24H15FN4O8S/c1-36-21-11-13(6-8-20(21)37-19-9-7-14(28(32)33)12-18(19)29(34)35)10-15-22(30)26-24(38)27(23(15)31)17-5-3-2-4-16(17)25/h2-12H,1H3,(H,26,30,38)/b15-10+. The molecule has 4 rings (SSSR count). The lowest BCUT2D eigenvalue weighted by Gasteiger charge is -2.29. The second kappa shape index (κ2) is 10.4. The molecule has 0 unspecified atom stereocenters. The summed E-state index contributed by atoms with van der Waals surface area (Å²) in [5.74, 6) is -2.57. The zero-order valence-electron chi connectivity index (χ0n) is 19.2. The number of nitrogens with zero attached hydrogens (tertiary/aromatic N) is 3. The molecule has 14 heteroatoms. The third-order valence-electron chi connectivity index (χ3n) is 5.26. The van der Waals surface area contributed by atoms with Crippen LogP contribution in [0, 0.1) is 26.0 Å². The van der Waals surface area contributed by atoms with E-state index >= 15 is 0 Å². The molecule has 0 atom stereocenters. The lowest BCUT2D eigenvalue weighted by molar-refractivity contribution is -0.394. The number of halogens is 1. The van der Waals surface area contributed by atoms with Gasteiger partial charge >= 0.3 is 5.69 Å². The van der Waals surface area contributed by atoms with Gasteiger partial charge in [0.25, 0.3) is 17.5 Å². The van der Waals surface area contributed by atoms with E-state index in [9.17, 15) is 34.2 Å². The van der Waals surface area contributed by atoms with Crippen LogP contribution in [0.5, 0.6) is 17.2 Å². The molecule has 1 N–H and O–H groups in total. The molecule has 2 amide bonds. The van der Waals surface area contributed by atoms with E-state index in [-0.39, 0.29) is 33.6 Å². The van der Waals surface area contributed by atoms with Gasteiger partial charge in [0.05, 0.1) is 28.7 Å². The van der Waals surface area contributed by atoms with E-state index in [4.69, 9.17) is 21.7 Å². The topological polar surface area (TPSA) is 154 Å². The Morgan fingerprint density at radius 3 is 2.34 bits per heavy atom. The van der Waals surface area contributed by atoms with E-state index in [1.54, 1.807) is 0 Å². The van der Waals surface area contributed by atoms with Crippen LogP contribution in [0.15, 0.2) is 66.2 Å². The molecule has 1 saturated heterocycles. The van der Waals surface area contributed by atoms with Gasteiger partial charge in [0.15, 0.2) is 16.6 Å². The minimum Gasteiger partial charge on any atom is -0.493 e. The average molecular weight is 538 g/mol. The van der Waals surface area contributed by atoms with Crippen LogP contribution in [-0.4, -0.2) is 33.9 Å². The van der Waals surface area contributed by atoms with E-state index in [0.717, 1.165) is 29.2 Å². The number of anilines is 1. The highest BCUT2D eigenvalue weighted by Crippen LogP contribution is 2.38. The number of benzene rings is 3. The summed E-state index contributed by atoms with van der Waals surface area (Å²) in [6.07, 6.45) is 1.23. The Morgan fingerprint density at radius 2 is 1.68 bits per heavy atom. The zero-order chi connectivity index (χ0) is 27.6. The molecule has 12 nitrogen and oxygen atoms in total. The van der Waals surface area contributed by atoms with Crippen molar-refractivity contribution in [3.63, 3.8) is 0 Å². The number of non-ortho nitro benzene ring substituents is 1. The fourth-order valence-electron chi connectivity index (χ4n) is 3.50. The molecule has 1 heterocycles. The monoisotopic (exact) mass is 538 g/mol. The highest BCUT2D eigenvalue weighted by Gasteiger charge is 2.35. The van der Waals surface area contributed by atoms with Crippen LogP contribution in [0.25, 0.3) is 6.08 Å². The van der Waals surface area contributed by atoms with Crippen LogP contribution >= 0.6 is 12.2 Å². The first-order chi connectivity index (χ1) is 18.1. The second-order valence-electron chi connectivity index (χ2n) is 7.59. The largest absolute Gasteiger partial charge is 0.493 e. The summed E-state index contributed by atoms with van der Waals surface area (Å²) < 4.78 is 25.2. The Hall–Kier alpha value is -5.24. The fraction of sp³-hybridized carbons (Fsp3) is 0.0417. The molecule has 0 saturated carbocycles. The van der Waals surface area contributed by atoms with Crippen molar-refractivity contribution in [2.45, 2.75) is 0 Å². The molecule has 0 bridgehead atoms. The molecular weight excluding hydrogens is 523 g/mol. The maximum Gasteiger partial charge on any atom is 0.318 e. The highest BCUT2D eigenvalue weighted by molar-refractivity contribution is 7.80. The molecular formula is C24H15FN4O8S. The molecule has 1 fully saturated rings. The quantitative estimate of drug-likeness (QED) is 0.153. The van der Waals surface area contributed by atoms with Crippen LogP contribution in [0.3, 0.4) is 0 Å². The molecule has 0 aliphatic carbocycles. The number of ether oxygens (including phenoxy) is 2. The van der Waals surface area contributed by atoms with E-state index in [0.29, 0.717) is 5.56 Å². The predicted molar refractivity (Wildman–Crippen MR) is 135 cm³/mol. The number of methoxy groups -OCH3 is 1. The molecule has 3 aromatic rings. The van der Waals surface area contributed by atoms with Crippen LogP contribution < -0.4 is 19.7 Å². The fourth-order valence-corrected chi connectivity index (χ4v) is 3.77. The average Bonchev–Trinajstić information content (AvgIpc) is 2.88. The Balaban J connectivity index is 1.68. The SMILES string of the molecule is COc1cc(/C=C2\C(=O)NC(=S)N(c3ccccc3F)C2=O)ccc1Oc1ccc([N+](=O)[O-])cc1[N+](=O)[O-]. The lowest BCUT2D eigenvalue weighted by Crippen LogP contribution is -2.54. The minimum atomic E-state index is -0.857. The van der Waals surface area contributed by atoms with Crippen molar-refractivity contribution in [2.75, 3.05) is 12.0 Å². The number of hydrogen-bond acceptors (Lipinski definition) is 9. The predicted octanol–water partition coefficient (Wildman–Crippen LogP) is 4.27. The maximum absolute atomic E-state index is 14.3. The molecule has 1 aliphatic rings. The number of nitrogens with one attached hydrogen (secondary N) is 1. The van der Waals surface area contributed by atoms with Crippen LogP contribution in [0.2, 0.25) is 0 Å². The van der Waals surface area contributed by atoms with E-state index in [1.807, 2.05) is 0 Å². The molecule has 192 valence electrons. The van der Waals surface area contributed by atoms with Crippen LogP contribution in [0.1, 0.15) is 5.56 Å². The van der Waals surface area contributed by atoms with Crippen molar-refractivity contribution < 1.29 is 33.3 Å². The first-order valence-corrected chi connectivity index (χ1v) is 11.0. The summed E-state index contributed by atoms with van der Waals surface area (Å²) >= 11 is 5.07. The highest BCUT2D eigenvalue weighted by atomic mass is 32.1. The molecule has 0 spiro atoms. The normalized spacial score (nSPS) is 14.3. The zero-order valence-corrected chi connectivity index (χ0v) is 20.1. The van der Waals surface area contributed by atoms with E-state index in [1.165, 1.54) is 49.6 Å². The third-order valence-corrected chi connectivity index (χ3v) is 5.55. The number of carbonyl (C=O) groups excluding carboxylic acids is 2. The number of amides is 2. The maximum atomic E-state index is 14.3. The number of hydrogen-bond donors (Lipinski definition) is 1. The van der Waals surface area contributed by atoms with Gasteiger partial charge in [-0.15, -0.1) is 0 Å². The van der Waals surface area contributed by atoms with Gasteiger partial charge in [-0.3, -0.25) is 35.1 Å². The smallest absolute Gasteiger partial charge is 0.318 e. The number of thiocarbonyl (C=S) groups is 1. The van der Waals surface area contributed by atoms with Crippen molar-refractivity contribution in [1.29, 1.82) is 0 Å². The summed E-state index contributed by atoms with van der Waals surface area (Å²) in [6.45, 7) is 0. The Labute approximate surface area is 218 Å². The van der Waals surface area contributed by atoms with Gasteiger partial charge in [-0.2, -0.15) is 0 Å². The first kappa shape index (κ1) is 25.8. The summed E-state index contributed by atoms with van der Waals surface area (Å²) in [7, 11) is 1.29. The number of para-hydroxylation sites is 1. The Kier molecular flexibility index (Phi) is 7.07. The van der Waals surface area contributed by atoms with Gasteiger partial charge in [-0.05, 0) is 54.2 Å². The Morgan fingerprint density at radius 1 is 0.974 bits per heavy atom. The summed E-state index contributed by atoms with van der Waals surface area (Å²) in [6, 6.07) is 12.5. The summed E-state index contributed by atoms with van der Waals surface area (Å²) in [4.78, 5) is 47.3. The van der Waals surface area contributed by atoms with Crippen LogP contribution in [0.4, 0.5) is 21.5 Å². The second-order valence-corrected chi connectivity index (χ2v) is 7.97. The van der Waals surface area contributed by atoms with Crippen LogP contribution in [-0.2, 0) is 9.59 Å². The van der Waals surface area contributed by atoms with E-state index in [2.05, 4.69) is 5.32 Å². The molecule has 1 aliphatic heterocycles. The minimum absolute atomic E-state index is 0.0141. The van der Waals surface area contributed by atoms with Crippen molar-refractivity contribution in [3.05, 3.63) is 97.8 Å². The molecule has 0 aromatic heterocycles. The van der Waals surface area contributed by atoms with Gasteiger partial charge < -0.3 is 9.47 Å². The summed E-state index contributed by atoms with van der Waals surface area (Å²) in [5.41, 5.74) is -1.31. The lowest BCUT2D eigenvalue weighted by atomic mass is 10.1. The van der Waals surface area contributed by atoms with Crippen molar-refractivity contribution in [1.82, 2.24) is 5.32 Å². The molecule has 38 heavy (non-hydrogen) atoms. The van der Waals surface area contributed by atoms with E-state index < -0.39 is 38.9 Å².